The molecular formula is C7H19NO7P2. The van der Waals surface area contributed by atoms with E-state index >= 15 is 0 Å². The van der Waals surface area contributed by atoms with E-state index in [1.165, 1.54) is 0 Å². The van der Waals surface area contributed by atoms with Crippen LogP contribution in [-0.2, 0) is 18.2 Å². The van der Waals surface area contributed by atoms with E-state index in [0.29, 0.717) is 0 Å². The molecule has 0 radical (unpaired) electrons. The largest absolute Gasteiger partial charge is 0.343 e. The van der Waals surface area contributed by atoms with Gasteiger partial charge in [-0.1, -0.05) is 0 Å². The predicted octanol–water partition coefficient (Wildman–Crippen LogP) is 0.160. The molecular weight excluding hydrogens is 272 g/mol. The van der Waals surface area contributed by atoms with Gasteiger partial charge in [-0.3, -0.25) is 18.2 Å². The SMILES string of the molecule is CC(C)N(C)CCC(O)(O[PH](=O)O)O[PH](=O)O. The van der Waals surface area contributed by atoms with Crippen LogP contribution in [0.5, 0.6) is 0 Å². The van der Waals surface area contributed by atoms with Crippen LogP contribution in [0.15, 0.2) is 0 Å². The number of aliphatic hydroxyl groups is 1. The quantitative estimate of drug-likeness (QED) is 0.428. The van der Waals surface area contributed by atoms with Gasteiger partial charge in [-0.2, -0.15) is 0 Å². The summed E-state index contributed by atoms with van der Waals surface area (Å²) in [5.41, 5.74) is 0. The van der Waals surface area contributed by atoms with Gasteiger partial charge in [0.2, 0.25) is 0 Å². The van der Waals surface area contributed by atoms with E-state index < -0.39 is 22.5 Å². The molecule has 2 unspecified atom stereocenters. The molecule has 0 aromatic carbocycles. The minimum Gasteiger partial charge on any atom is -0.343 e. The summed E-state index contributed by atoms with van der Waals surface area (Å²) in [6.07, 6.45) is -0.227. The van der Waals surface area contributed by atoms with Crippen LogP contribution in [0.2, 0.25) is 0 Å². The molecule has 0 saturated carbocycles. The Morgan fingerprint density at radius 1 is 1.24 bits per heavy atom. The van der Waals surface area contributed by atoms with Gasteiger partial charge in [0.15, 0.2) is 0 Å². The van der Waals surface area contributed by atoms with Crippen LogP contribution in [0.4, 0.5) is 0 Å². The molecule has 2 atom stereocenters. The fourth-order valence-electron chi connectivity index (χ4n) is 0.972. The first-order valence-electron chi connectivity index (χ1n) is 4.93. The highest BCUT2D eigenvalue weighted by molar-refractivity contribution is 7.33. The minimum absolute atomic E-state index is 0.177. The Morgan fingerprint density at radius 2 is 1.65 bits per heavy atom. The minimum atomic E-state index is -3.48. The molecule has 0 aromatic rings. The maximum absolute atomic E-state index is 10.5. The van der Waals surface area contributed by atoms with Gasteiger partial charge in [-0.05, 0) is 20.9 Å². The highest BCUT2D eigenvalue weighted by Gasteiger charge is 2.33. The summed E-state index contributed by atoms with van der Waals surface area (Å²) in [6, 6.07) is 0.177. The molecule has 0 spiro atoms. The van der Waals surface area contributed by atoms with E-state index in [1.54, 1.807) is 11.9 Å². The molecule has 0 aliphatic carbocycles. The van der Waals surface area contributed by atoms with Crippen molar-refractivity contribution in [3.05, 3.63) is 0 Å². The third-order valence-corrected chi connectivity index (χ3v) is 3.14. The Labute approximate surface area is 101 Å². The van der Waals surface area contributed by atoms with Gasteiger partial charge in [-0.15, -0.1) is 0 Å². The van der Waals surface area contributed by atoms with Gasteiger partial charge in [0.05, 0.1) is 0 Å². The second-order valence-electron chi connectivity index (χ2n) is 3.77. The van der Waals surface area contributed by atoms with E-state index in [1.807, 2.05) is 13.8 Å². The van der Waals surface area contributed by atoms with Gasteiger partial charge in [0.25, 0.3) is 5.97 Å². The smallest absolute Gasteiger partial charge is 0.320 e. The fourth-order valence-corrected chi connectivity index (χ4v) is 1.89. The average molecular weight is 291 g/mol. The zero-order valence-corrected chi connectivity index (χ0v) is 11.9. The summed E-state index contributed by atoms with van der Waals surface area (Å²) in [5.74, 6) is -2.52. The molecule has 0 heterocycles. The van der Waals surface area contributed by atoms with E-state index in [2.05, 4.69) is 9.05 Å². The first-order valence-corrected chi connectivity index (χ1v) is 7.45. The number of rotatable bonds is 8. The maximum Gasteiger partial charge on any atom is 0.320 e. The lowest BCUT2D eigenvalue weighted by Crippen LogP contribution is -2.37. The Balaban J connectivity index is 4.48. The first kappa shape index (κ1) is 17.2. The molecule has 0 saturated heterocycles. The Kier molecular flexibility index (Phi) is 7.71. The zero-order valence-electron chi connectivity index (χ0n) is 9.91. The van der Waals surface area contributed by atoms with Crippen LogP contribution >= 0.6 is 16.5 Å². The first-order chi connectivity index (χ1) is 7.66. The molecule has 0 aliphatic heterocycles. The summed E-state index contributed by atoms with van der Waals surface area (Å²) < 4.78 is 29.5. The monoisotopic (exact) mass is 291 g/mol. The average Bonchev–Trinajstić information content (AvgIpc) is 2.11. The van der Waals surface area contributed by atoms with E-state index in [0.717, 1.165) is 0 Å². The van der Waals surface area contributed by atoms with Crippen molar-refractivity contribution in [1.29, 1.82) is 0 Å². The van der Waals surface area contributed by atoms with Crippen molar-refractivity contribution in [1.82, 2.24) is 4.90 Å². The van der Waals surface area contributed by atoms with Gasteiger partial charge in [0, 0.05) is 19.0 Å². The standard InChI is InChI=1S/C7H19NO7P2/c1-6(2)8(3)5-4-7(9,14-16(10)11)15-17(12)13/h6,9,16-17H,4-5H2,1-3H3,(H,10,11)(H,12,13). The molecule has 0 aromatic heterocycles. The molecule has 10 heteroatoms. The van der Waals surface area contributed by atoms with Gasteiger partial charge in [0.1, 0.15) is 0 Å². The van der Waals surface area contributed by atoms with Crippen LogP contribution in [-0.4, -0.2) is 45.4 Å². The second kappa shape index (κ2) is 7.61. The summed E-state index contributed by atoms with van der Waals surface area (Å²) in [4.78, 5) is 19.0. The van der Waals surface area contributed by atoms with Gasteiger partial charge >= 0.3 is 16.5 Å². The molecule has 3 N–H and O–H groups in total. The predicted molar refractivity (Wildman–Crippen MR) is 61.9 cm³/mol. The third-order valence-electron chi connectivity index (χ3n) is 2.16. The van der Waals surface area contributed by atoms with Crippen LogP contribution < -0.4 is 0 Å². The van der Waals surface area contributed by atoms with Crippen LogP contribution in [0.1, 0.15) is 20.3 Å². The van der Waals surface area contributed by atoms with Crippen molar-refractivity contribution in [2.75, 3.05) is 13.6 Å². The lowest BCUT2D eigenvalue weighted by molar-refractivity contribution is -0.278. The molecule has 0 fully saturated rings. The third kappa shape index (κ3) is 8.02. The summed E-state index contributed by atoms with van der Waals surface area (Å²) in [7, 11) is -5.20. The Hall–Kier alpha value is 0.220. The van der Waals surface area contributed by atoms with Gasteiger partial charge in [-0.25, -0.2) is 0 Å². The number of hydrogen-bond acceptors (Lipinski definition) is 6. The lowest BCUT2D eigenvalue weighted by atomic mass is 10.3. The summed E-state index contributed by atoms with van der Waals surface area (Å²) >= 11 is 0. The van der Waals surface area contributed by atoms with Crippen molar-refractivity contribution >= 4 is 16.5 Å². The molecule has 0 bridgehead atoms. The molecule has 0 aliphatic rings. The number of nitrogens with zero attached hydrogens (tertiary/aromatic N) is 1. The molecule has 104 valence electrons. The molecule has 8 nitrogen and oxygen atoms in total. The second-order valence-corrected chi connectivity index (χ2v) is 5.24. The van der Waals surface area contributed by atoms with Crippen molar-refractivity contribution < 1.29 is 33.1 Å². The molecule has 0 amide bonds. The number of hydrogen-bond donors (Lipinski definition) is 3. The van der Waals surface area contributed by atoms with Crippen molar-refractivity contribution in [3.63, 3.8) is 0 Å². The van der Waals surface area contributed by atoms with Crippen LogP contribution in [0.3, 0.4) is 0 Å². The molecule has 0 rings (SSSR count). The van der Waals surface area contributed by atoms with Crippen molar-refractivity contribution in [2.24, 2.45) is 0 Å². The molecule has 17 heavy (non-hydrogen) atoms. The highest BCUT2D eigenvalue weighted by Crippen LogP contribution is 2.34. The zero-order chi connectivity index (χ0) is 13.6. The van der Waals surface area contributed by atoms with Gasteiger partial charge < -0.3 is 19.8 Å². The fraction of sp³-hybridized carbons (Fsp3) is 1.00. The highest BCUT2D eigenvalue weighted by atomic mass is 31.1. The van der Waals surface area contributed by atoms with Crippen LogP contribution in [0.25, 0.3) is 0 Å². The van der Waals surface area contributed by atoms with Crippen molar-refractivity contribution in [2.45, 2.75) is 32.3 Å². The normalized spacial score (nSPS) is 19.3. The maximum atomic E-state index is 10.5. The summed E-state index contributed by atoms with van der Waals surface area (Å²) in [6.45, 7) is 4.08. The summed E-state index contributed by atoms with van der Waals surface area (Å²) in [5, 5.41) is 9.64. The Morgan fingerprint density at radius 3 is 1.94 bits per heavy atom. The van der Waals surface area contributed by atoms with Crippen LogP contribution in [0, 0.1) is 0 Å². The van der Waals surface area contributed by atoms with E-state index in [-0.39, 0.29) is 19.0 Å². The van der Waals surface area contributed by atoms with E-state index in [4.69, 9.17) is 9.79 Å². The Bertz CT molecular complexity index is 269. The topological polar surface area (TPSA) is 117 Å². The lowest BCUT2D eigenvalue weighted by Gasteiger charge is -2.28. The van der Waals surface area contributed by atoms with Crippen molar-refractivity contribution in [3.8, 4) is 0 Å². The van der Waals surface area contributed by atoms with E-state index in [9.17, 15) is 14.2 Å².